The number of benzene rings is 3. The van der Waals surface area contributed by atoms with Crippen LogP contribution in [-0.2, 0) is 0 Å². The van der Waals surface area contributed by atoms with E-state index in [2.05, 4.69) is 10.2 Å². The average molecular weight is 290 g/mol. The van der Waals surface area contributed by atoms with Crippen LogP contribution in [0.2, 0.25) is 0 Å². The van der Waals surface area contributed by atoms with Crippen LogP contribution in [0.5, 0.6) is 11.5 Å². The van der Waals surface area contributed by atoms with Crippen LogP contribution in [0.15, 0.2) is 83.0 Å². The predicted molar refractivity (Wildman–Crippen MR) is 85.8 cm³/mol. The lowest BCUT2D eigenvalue weighted by atomic mass is 10.0. The van der Waals surface area contributed by atoms with Crippen LogP contribution in [0.1, 0.15) is 0 Å². The lowest BCUT2D eigenvalue weighted by Crippen LogP contribution is -1.79. The van der Waals surface area contributed by atoms with E-state index in [1.54, 1.807) is 42.5 Å². The maximum absolute atomic E-state index is 9.72. The molecule has 108 valence electrons. The third kappa shape index (κ3) is 3.12. The molecule has 0 unspecified atom stereocenters. The smallest absolute Gasteiger partial charge is 0.116 e. The molecule has 0 fully saturated rings. The number of hydrogen-bond donors (Lipinski definition) is 2. The highest BCUT2D eigenvalue weighted by Gasteiger charge is 2.06. The molecule has 22 heavy (non-hydrogen) atoms. The summed E-state index contributed by atoms with van der Waals surface area (Å²) in [6.07, 6.45) is 0. The molecule has 4 heteroatoms. The minimum Gasteiger partial charge on any atom is -0.508 e. The standard InChI is InChI=1S/C18H14N2O2/c21-15-8-6-13(7-9-15)17-12-16(22)10-11-18(17)20-19-14-4-2-1-3-5-14/h1-12,21-22H. The summed E-state index contributed by atoms with van der Waals surface area (Å²) in [5, 5.41) is 27.6. The predicted octanol–water partition coefficient (Wildman–Crippen LogP) is 5.18. The third-order valence-corrected chi connectivity index (χ3v) is 3.19. The molecule has 0 aliphatic carbocycles. The van der Waals surface area contributed by atoms with Crippen LogP contribution in [0.4, 0.5) is 11.4 Å². The zero-order valence-corrected chi connectivity index (χ0v) is 11.7. The first-order chi connectivity index (χ1) is 10.7. The largest absolute Gasteiger partial charge is 0.508 e. The monoisotopic (exact) mass is 290 g/mol. The first-order valence-corrected chi connectivity index (χ1v) is 6.81. The number of phenolic OH excluding ortho intramolecular Hbond substituents is 2. The van der Waals surface area contributed by atoms with Gasteiger partial charge < -0.3 is 10.2 Å². The molecule has 0 saturated carbocycles. The second-order valence-electron chi connectivity index (χ2n) is 4.78. The maximum Gasteiger partial charge on any atom is 0.116 e. The van der Waals surface area contributed by atoms with E-state index in [0.29, 0.717) is 5.69 Å². The minimum atomic E-state index is 0.154. The first kappa shape index (κ1) is 13.8. The normalized spacial score (nSPS) is 10.9. The van der Waals surface area contributed by atoms with Crippen molar-refractivity contribution in [2.45, 2.75) is 0 Å². The van der Waals surface area contributed by atoms with Crippen LogP contribution in [0, 0.1) is 0 Å². The van der Waals surface area contributed by atoms with Gasteiger partial charge in [0, 0.05) is 5.56 Å². The van der Waals surface area contributed by atoms with Gasteiger partial charge in [-0.15, -0.1) is 5.11 Å². The highest BCUT2D eigenvalue weighted by molar-refractivity contribution is 5.77. The van der Waals surface area contributed by atoms with Gasteiger partial charge in [0.1, 0.15) is 11.5 Å². The number of rotatable bonds is 3. The number of aromatic hydroxyl groups is 2. The summed E-state index contributed by atoms with van der Waals surface area (Å²) < 4.78 is 0. The van der Waals surface area contributed by atoms with E-state index in [9.17, 15) is 10.2 Å². The topological polar surface area (TPSA) is 65.2 Å². The summed E-state index contributed by atoms with van der Waals surface area (Å²) in [6, 6.07) is 21.1. The van der Waals surface area contributed by atoms with Crippen molar-refractivity contribution in [2.24, 2.45) is 10.2 Å². The van der Waals surface area contributed by atoms with Crippen LogP contribution in [0.3, 0.4) is 0 Å². The SMILES string of the molecule is Oc1ccc(-c2cc(O)ccc2N=Nc2ccccc2)cc1. The Morgan fingerprint density at radius 1 is 0.636 bits per heavy atom. The Morgan fingerprint density at radius 2 is 1.32 bits per heavy atom. The molecule has 0 aliphatic heterocycles. The van der Waals surface area contributed by atoms with Gasteiger partial charge in [-0.05, 0) is 48.0 Å². The molecular formula is C18H14N2O2. The Kier molecular flexibility index (Phi) is 3.83. The van der Waals surface area contributed by atoms with Crippen LogP contribution in [0.25, 0.3) is 11.1 Å². The van der Waals surface area contributed by atoms with E-state index in [4.69, 9.17) is 0 Å². The number of azo groups is 1. The van der Waals surface area contributed by atoms with E-state index in [1.807, 2.05) is 30.3 Å². The molecule has 0 heterocycles. The third-order valence-electron chi connectivity index (χ3n) is 3.19. The fourth-order valence-electron chi connectivity index (χ4n) is 2.09. The summed E-state index contributed by atoms with van der Waals surface area (Å²) in [5.74, 6) is 0.345. The first-order valence-electron chi connectivity index (χ1n) is 6.81. The molecule has 0 amide bonds. The van der Waals surface area contributed by atoms with Gasteiger partial charge in [-0.1, -0.05) is 30.3 Å². The lowest BCUT2D eigenvalue weighted by Gasteiger charge is -2.06. The van der Waals surface area contributed by atoms with Gasteiger partial charge in [0.05, 0.1) is 11.4 Å². The summed E-state index contributed by atoms with van der Waals surface area (Å²) in [7, 11) is 0. The van der Waals surface area contributed by atoms with Crippen molar-refractivity contribution >= 4 is 11.4 Å². The van der Waals surface area contributed by atoms with E-state index >= 15 is 0 Å². The maximum atomic E-state index is 9.72. The van der Waals surface area contributed by atoms with Gasteiger partial charge >= 0.3 is 0 Å². The van der Waals surface area contributed by atoms with Crippen molar-refractivity contribution in [3.8, 4) is 22.6 Å². The molecule has 0 aliphatic rings. The van der Waals surface area contributed by atoms with Gasteiger partial charge in [-0.3, -0.25) is 0 Å². The van der Waals surface area contributed by atoms with Crippen molar-refractivity contribution in [2.75, 3.05) is 0 Å². The van der Waals surface area contributed by atoms with E-state index < -0.39 is 0 Å². The summed E-state index contributed by atoms with van der Waals surface area (Å²) in [6.45, 7) is 0. The zero-order chi connectivity index (χ0) is 15.4. The Bertz CT molecular complexity index is 797. The number of hydrogen-bond acceptors (Lipinski definition) is 4. The molecule has 2 N–H and O–H groups in total. The summed E-state index contributed by atoms with van der Waals surface area (Å²) >= 11 is 0. The van der Waals surface area contributed by atoms with Gasteiger partial charge in [-0.2, -0.15) is 5.11 Å². The molecule has 4 nitrogen and oxygen atoms in total. The lowest BCUT2D eigenvalue weighted by molar-refractivity contribution is 0.475. The fraction of sp³-hybridized carbons (Fsp3) is 0. The van der Waals surface area contributed by atoms with Crippen molar-refractivity contribution in [3.05, 3.63) is 72.8 Å². The highest BCUT2D eigenvalue weighted by atomic mass is 16.3. The fourth-order valence-corrected chi connectivity index (χ4v) is 2.09. The Labute approximate surface area is 128 Å². The van der Waals surface area contributed by atoms with Gasteiger partial charge in [0.15, 0.2) is 0 Å². The van der Waals surface area contributed by atoms with Crippen LogP contribution in [-0.4, -0.2) is 10.2 Å². The molecule has 0 aromatic heterocycles. The van der Waals surface area contributed by atoms with Gasteiger partial charge in [-0.25, -0.2) is 0 Å². The Hall–Kier alpha value is -3.14. The molecule has 3 aromatic rings. The zero-order valence-electron chi connectivity index (χ0n) is 11.7. The quantitative estimate of drug-likeness (QED) is 0.653. The number of phenols is 2. The molecule has 0 spiro atoms. The van der Waals surface area contributed by atoms with Crippen molar-refractivity contribution in [1.82, 2.24) is 0 Å². The number of nitrogens with zero attached hydrogens (tertiary/aromatic N) is 2. The molecule has 0 bridgehead atoms. The molecule has 0 atom stereocenters. The Morgan fingerprint density at radius 3 is 2.05 bits per heavy atom. The summed E-state index contributed by atoms with van der Waals surface area (Å²) in [4.78, 5) is 0. The van der Waals surface area contributed by atoms with Crippen molar-refractivity contribution < 1.29 is 10.2 Å². The molecular weight excluding hydrogens is 276 g/mol. The molecule has 3 aromatic carbocycles. The summed E-state index contributed by atoms with van der Waals surface area (Å²) in [5.41, 5.74) is 3.00. The molecule has 0 saturated heterocycles. The Balaban J connectivity index is 2.01. The molecule has 0 radical (unpaired) electrons. The average Bonchev–Trinajstić information content (AvgIpc) is 2.55. The van der Waals surface area contributed by atoms with Gasteiger partial charge in [0.2, 0.25) is 0 Å². The van der Waals surface area contributed by atoms with Crippen LogP contribution < -0.4 is 0 Å². The van der Waals surface area contributed by atoms with Crippen molar-refractivity contribution in [3.63, 3.8) is 0 Å². The van der Waals surface area contributed by atoms with Crippen molar-refractivity contribution in [1.29, 1.82) is 0 Å². The second kappa shape index (κ2) is 6.10. The van der Waals surface area contributed by atoms with E-state index in [1.165, 1.54) is 0 Å². The van der Waals surface area contributed by atoms with Crippen LogP contribution >= 0.6 is 0 Å². The highest BCUT2D eigenvalue weighted by Crippen LogP contribution is 2.34. The molecule has 3 rings (SSSR count). The van der Waals surface area contributed by atoms with E-state index in [-0.39, 0.29) is 11.5 Å². The van der Waals surface area contributed by atoms with E-state index in [0.717, 1.165) is 16.8 Å². The minimum absolute atomic E-state index is 0.154. The second-order valence-corrected chi connectivity index (χ2v) is 4.78. The van der Waals surface area contributed by atoms with Gasteiger partial charge in [0.25, 0.3) is 0 Å².